The molecule has 1 aromatic rings. The van der Waals surface area contributed by atoms with Gasteiger partial charge in [-0.05, 0) is 25.5 Å². The molecule has 1 rings (SSSR count). The highest BCUT2D eigenvalue weighted by Gasteiger charge is 2.17. The molecular formula is C11H15N3O2S. The molecule has 1 N–H and O–H groups in total. The first-order valence-corrected chi connectivity index (χ1v) is 6.86. The maximum absolute atomic E-state index is 11.9. The number of nitrogens with one attached hydrogen (secondary N) is 1. The van der Waals surface area contributed by atoms with Crippen molar-refractivity contribution in [3.8, 4) is 6.07 Å². The van der Waals surface area contributed by atoms with E-state index in [0.717, 1.165) is 12.8 Å². The van der Waals surface area contributed by atoms with E-state index in [9.17, 15) is 8.42 Å². The second kappa shape index (κ2) is 5.75. The monoisotopic (exact) mass is 253 g/mol. The molecule has 17 heavy (non-hydrogen) atoms. The van der Waals surface area contributed by atoms with Crippen molar-refractivity contribution in [1.29, 1.82) is 5.26 Å². The van der Waals surface area contributed by atoms with Gasteiger partial charge in [-0.25, -0.2) is 18.1 Å². The van der Waals surface area contributed by atoms with Crippen LogP contribution in [0, 0.1) is 11.3 Å². The predicted molar refractivity (Wildman–Crippen MR) is 63.6 cm³/mol. The maximum Gasteiger partial charge on any atom is 0.242 e. The summed E-state index contributed by atoms with van der Waals surface area (Å²) < 4.78 is 26.3. The fourth-order valence-electron chi connectivity index (χ4n) is 1.43. The van der Waals surface area contributed by atoms with E-state index in [1.807, 2.05) is 19.9 Å². The number of hydrogen-bond donors (Lipinski definition) is 1. The van der Waals surface area contributed by atoms with Gasteiger partial charge in [0.05, 0.1) is 0 Å². The van der Waals surface area contributed by atoms with Crippen molar-refractivity contribution >= 4 is 10.0 Å². The number of pyridine rings is 1. The minimum absolute atomic E-state index is 0.0828. The van der Waals surface area contributed by atoms with E-state index >= 15 is 0 Å². The van der Waals surface area contributed by atoms with E-state index < -0.39 is 10.0 Å². The Hall–Kier alpha value is -1.45. The van der Waals surface area contributed by atoms with E-state index in [1.54, 1.807) is 0 Å². The Balaban J connectivity index is 2.86. The maximum atomic E-state index is 11.9. The first-order chi connectivity index (χ1) is 7.99. The van der Waals surface area contributed by atoms with Crippen LogP contribution in [0.15, 0.2) is 23.2 Å². The van der Waals surface area contributed by atoms with Crippen molar-refractivity contribution in [1.82, 2.24) is 9.71 Å². The number of sulfonamides is 1. The van der Waals surface area contributed by atoms with E-state index in [0.29, 0.717) is 0 Å². The Morgan fingerprint density at radius 3 is 2.71 bits per heavy atom. The van der Waals surface area contributed by atoms with Crippen LogP contribution in [0.2, 0.25) is 0 Å². The van der Waals surface area contributed by atoms with Gasteiger partial charge >= 0.3 is 0 Å². The second-order valence-corrected chi connectivity index (χ2v) is 5.52. The van der Waals surface area contributed by atoms with Gasteiger partial charge in [0.1, 0.15) is 16.7 Å². The predicted octanol–water partition coefficient (Wildman–Crippen LogP) is 1.42. The number of hydrogen-bond acceptors (Lipinski definition) is 4. The van der Waals surface area contributed by atoms with Gasteiger partial charge in [0.2, 0.25) is 10.0 Å². The van der Waals surface area contributed by atoms with Gasteiger partial charge < -0.3 is 0 Å². The molecule has 1 aromatic heterocycles. The molecule has 0 amide bonds. The van der Waals surface area contributed by atoms with Crippen LogP contribution in [0.25, 0.3) is 0 Å². The molecule has 0 aliphatic heterocycles. The largest absolute Gasteiger partial charge is 0.244 e. The quantitative estimate of drug-likeness (QED) is 0.860. The summed E-state index contributed by atoms with van der Waals surface area (Å²) in [4.78, 5) is 3.82. The molecular weight excluding hydrogens is 238 g/mol. The normalized spacial score (nSPS) is 13.0. The Morgan fingerprint density at radius 1 is 1.53 bits per heavy atom. The van der Waals surface area contributed by atoms with Crippen LogP contribution in [0.3, 0.4) is 0 Å². The van der Waals surface area contributed by atoms with E-state index in [-0.39, 0.29) is 16.6 Å². The Labute approximate surface area is 102 Å². The van der Waals surface area contributed by atoms with Crippen molar-refractivity contribution in [2.75, 3.05) is 0 Å². The molecule has 0 radical (unpaired) electrons. The molecule has 1 atom stereocenters. The highest BCUT2D eigenvalue weighted by molar-refractivity contribution is 7.89. The van der Waals surface area contributed by atoms with Crippen LogP contribution >= 0.6 is 0 Å². The van der Waals surface area contributed by atoms with Gasteiger partial charge in [-0.1, -0.05) is 13.3 Å². The van der Waals surface area contributed by atoms with Crippen LogP contribution in [-0.4, -0.2) is 19.4 Å². The first-order valence-electron chi connectivity index (χ1n) is 5.38. The van der Waals surface area contributed by atoms with Crippen LogP contribution in [0.5, 0.6) is 0 Å². The summed E-state index contributed by atoms with van der Waals surface area (Å²) in [5.74, 6) is 0. The van der Waals surface area contributed by atoms with Gasteiger partial charge in [-0.2, -0.15) is 5.26 Å². The average Bonchev–Trinajstić information content (AvgIpc) is 2.28. The number of rotatable bonds is 5. The molecule has 0 aliphatic rings. The van der Waals surface area contributed by atoms with E-state index in [2.05, 4.69) is 9.71 Å². The summed E-state index contributed by atoms with van der Waals surface area (Å²) in [6.45, 7) is 3.81. The Bertz CT molecular complexity index is 503. The molecule has 92 valence electrons. The molecule has 5 nitrogen and oxygen atoms in total. The second-order valence-electron chi connectivity index (χ2n) is 3.80. The van der Waals surface area contributed by atoms with Crippen LogP contribution in [0.4, 0.5) is 0 Å². The molecule has 6 heteroatoms. The third-order valence-corrected chi connectivity index (χ3v) is 3.81. The van der Waals surface area contributed by atoms with Crippen molar-refractivity contribution < 1.29 is 8.42 Å². The molecule has 0 spiro atoms. The van der Waals surface area contributed by atoms with Gasteiger partial charge in [-0.15, -0.1) is 0 Å². The lowest BCUT2D eigenvalue weighted by atomic mass is 10.2. The summed E-state index contributed by atoms with van der Waals surface area (Å²) in [7, 11) is -3.53. The topological polar surface area (TPSA) is 82.9 Å². The lowest BCUT2D eigenvalue weighted by Crippen LogP contribution is -2.32. The minimum atomic E-state index is -3.53. The molecule has 0 aliphatic carbocycles. The first kappa shape index (κ1) is 13.6. The minimum Gasteiger partial charge on any atom is -0.244 e. The summed E-state index contributed by atoms with van der Waals surface area (Å²) in [5.41, 5.74) is 0.200. The smallest absolute Gasteiger partial charge is 0.242 e. The molecule has 0 fully saturated rings. The zero-order valence-electron chi connectivity index (χ0n) is 9.84. The number of aromatic nitrogens is 1. The molecule has 1 heterocycles. The lowest BCUT2D eigenvalue weighted by molar-refractivity contribution is 0.543. The molecule has 0 aromatic carbocycles. The summed E-state index contributed by atoms with van der Waals surface area (Å²) in [6.07, 6.45) is 2.89. The van der Waals surface area contributed by atoms with E-state index in [1.165, 1.54) is 18.3 Å². The third kappa shape index (κ3) is 3.80. The van der Waals surface area contributed by atoms with Crippen LogP contribution in [-0.2, 0) is 10.0 Å². The number of nitrogens with zero attached hydrogens (tertiary/aromatic N) is 2. The zero-order chi connectivity index (χ0) is 12.9. The Morgan fingerprint density at radius 2 is 2.24 bits per heavy atom. The summed E-state index contributed by atoms with van der Waals surface area (Å²) in [5, 5.41) is 8.57. The molecule has 1 unspecified atom stereocenters. The highest BCUT2D eigenvalue weighted by atomic mass is 32.2. The van der Waals surface area contributed by atoms with Gasteiger partial charge in [0.25, 0.3) is 0 Å². The van der Waals surface area contributed by atoms with Crippen LogP contribution < -0.4 is 4.72 Å². The molecule has 0 saturated heterocycles. The standard InChI is InChI=1S/C11H15N3O2S/c1-3-4-9(2)14-17(15,16)11-6-5-10(7-12)13-8-11/h5-6,8-9,14H,3-4H2,1-2H3. The zero-order valence-corrected chi connectivity index (χ0v) is 10.7. The summed E-state index contributed by atoms with van der Waals surface area (Å²) in [6, 6.07) is 4.50. The molecule has 0 saturated carbocycles. The average molecular weight is 253 g/mol. The molecule has 0 bridgehead atoms. The van der Waals surface area contributed by atoms with Crippen LogP contribution in [0.1, 0.15) is 32.4 Å². The van der Waals surface area contributed by atoms with Gasteiger partial charge in [-0.3, -0.25) is 0 Å². The highest BCUT2D eigenvalue weighted by Crippen LogP contribution is 2.09. The number of nitriles is 1. The van der Waals surface area contributed by atoms with Crippen molar-refractivity contribution in [2.24, 2.45) is 0 Å². The fourth-order valence-corrected chi connectivity index (χ4v) is 2.65. The lowest BCUT2D eigenvalue weighted by Gasteiger charge is -2.12. The van der Waals surface area contributed by atoms with Crippen molar-refractivity contribution in [2.45, 2.75) is 37.6 Å². The van der Waals surface area contributed by atoms with Crippen molar-refractivity contribution in [3.05, 3.63) is 24.0 Å². The van der Waals surface area contributed by atoms with Gasteiger partial charge in [0.15, 0.2) is 0 Å². The van der Waals surface area contributed by atoms with Crippen molar-refractivity contribution in [3.63, 3.8) is 0 Å². The summed E-state index contributed by atoms with van der Waals surface area (Å²) >= 11 is 0. The van der Waals surface area contributed by atoms with Gasteiger partial charge in [0, 0.05) is 12.2 Å². The third-order valence-electron chi connectivity index (χ3n) is 2.24. The van der Waals surface area contributed by atoms with E-state index in [4.69, 9.17) is 5.26 Å². The SMILES string of the molecule is CCCC(C)NS(=O)(=O)c1ccc(C#N)nc1. The Kier molecular flexibility index (Phi) is 4.61. The fraction of sp³-hybridized carbons (Fsp3) is 0.455.